The van der Waals surface area contributed by atoms with E-state index in [1.54, 1.807) is 0 Å². The van der Waals surface area contributed by atoms with E-state index >= 15 is 0 Å². The molecule has 1 aliphatic heterocycles. The van der Waals surface area contributed by atoms with Crippen LogP contribution in [-0.4, -0.2) is 35.4 Å². The number of rotatable bonds is 4. The quantitative estimate of drug-likeness (QED) is 0.922. The smallest absolute Gasteiger partial charge is 0.272 e. The van der Waals surface area contributed by atoms with E-state index in [0.29, 0.717) is 11.1 Å². The van der Waals surface area contributed by atoms with E-state index in [4.69, 9.17) is 0 Å². The van der Waals surface area contributed by atoms with Gasteiger partial charge in [-0.05, 0) is 43.2 Å². The fraction of sp³-hybridized carbons (Fsp3) is 0.647. The van der Waals surface area contributed by atoms with Crippen LogP contribution in [0.5, 0.6) is 0 Å². The summed E-state index contributed by atoms with van der Waals surface area (Å²) in [6.07, 6.45) is 4.36. The van der Waals surface area contributed by atoms with Gasteiger partial charge < -0.3 is 10.2 Å². The van der Waals surface area contributed by atoms with Gasteiger partial charge in [-0.15, -0.1) is 0 Å². The van der Waals surface area contributed by atoms with Crippen LogP contribution in [0, 0.1) is 5.41 Å². The number of nitrogens with zero attached hydrogens (tertiary/aromatic N) is 2. The molecule has 1 aliphatic rings. The second kappa shape index (κ2) is 6.92. The molecule has 1 amide bonds. The lowest BCUT2D eigenvalue weighted by molar-refractivity contribution is 0.0751. The van der Waals surface area contributed by atoms with Crippen molar-refractivity contribution in [2.75, 3.05) is 25.0 Å². The molecule has 116 valence electrons. The lowest BCUT2D eigenvalue weighted by atomic mass is 9.85. The summed E-state index contributed by atoms with van der Waals surface area (Å²) in [6.45, 7) is 9.24. The van der Waals surface area contributed by atoms with Gasteiger partial charge in [-0.3, -0.25) is 4.79 Å². The summed E-state index contributed by atoms with van der Waals surface area (Å²) in [6, 6.07) is 5.63. The number of carbonyl (C=O) groups is 1. The van der Waals surface area contributed by atoms with E-state index in [2.05, 4.69) is 31.1 Å². The number of hydrogen-bond donors (Lipinski definition) is 1. The molecule has 0 aromatic carbocycles. The average Bonchev–Trinajstić information content (AvgIpc) is 2.65. The van der Waals surface area contributed by atoms with Crippen LogP contribution in [-0.2, 0) is 0 Å². The molecule has 0 saturated carbocycles. The van der Waals surface area contributed by atoms with Crippen LogP contribution in [0.3, 0.4) is 0 Å². The number of aromatic nitrogens is 1. The first-order valence-electron chi connectivity index (χ1n) is 8.02. The molecule has 21 heavy (non-hydrogen) atoms. The molecule has 4 heteroatoms. The number of likely N-dealkylation sites (tertiary alicyclic amines) is 1. The summed E-state index contributed by atoms with van der Waals surface area (Å²) in [5.74, 6) is 0.853. The molecule has 0 atom stereocenters. The molecule has 1 fully saturated rings. The van der Waals surface area contributed by atoms with E-state index in [1.807, 2.05) is 23.1 Å². The van der Waals surface area contributed by atoms with Crippen LogP contribution >= 0.6 is 0 Å². The van der Waals surface area contributed by atoms with Gasteiger partial charge in [0.25, 0.3) is 5.91 Å². The zero-order valence-corrected chi connectivity index (χ0v) is 13.5. The molecule has 2 heterocycles. The van der Waals surface area contributed by atoms with Gasteiger partial charge in [0.15, 0.2) is 0 Å². The van der Waals surface area contributed by atoms with E-state index in [1.165, 1.54) is 6.42 Å². The van der Waals surface area contributed by atoms with Gasteiger partial charge in [-0.25, -0.2) is 4.98 Å². The van der Waals surface area contributed by atoms with E-state index < -0.39 is 0 Å². The molecule has 2 rings (SSSR count). The lowest BCUT2D eigenvalue weighted by Gasteiger charge is -2.23. The highest BCUT2D eigenvalue weighted by Crippen LogP contribution is 2.30. The van der Waals surface area contributed by atoms with Gasteiger partial charge >= 0.3 is 0 Å². The van der Waals surface area contributed by atoms with Gasteiger partial charge in [0, 0.05) is 19.6 Å². The second-order valence-electron chi connectivity index (χ2n) is 6.64. The molecule has 0 bridgehead atoms. The van der Waals surface area contributed by atoms with Crippen molar-refractivity contribution >= 4 is 11.7 Å². The van der Waals surface area contributed by atoms with Crippen molar-refractivity contribution in [1.29, 1.82) is 0 Å². The molecule has 4 nitrogen and oxygen atoms in total. The Morgan fingerprint density at radius 2 is 2.14 bits per heavy atom. The van der Waals surface area contributed by atoms with E-state index in [9.17, 15) is 4.79 Å². The van der Waals surface area contributed by atoms with Crippen molar-refractivity contribution in [2.45, 2.75) is 46.5 Å². The standard InChI is InChI=1S/C17H27N3O/c1-4-11-18-15-8-5-7-14(19-15)16(21)20-12-6-9-17(2,3)10-13-20/h5,7-8H,4,6,9-13H2,1-3H3,(H,18,19). The first-order chi connectivity index (χ1) is 10.0. The van der Waals surface area contributed by atoms with Gasteiger partial charge in [-0.1, -0.05) is 26.8 Å². The Hall–Kier alpha value is -1.58. The zero-order chi connectivity index (χ0) is 15.3. The number of pyridine rings is 1. The lowest BCUT2D eigenvalue weighted by Crippen LogP contribution is -2.33. The minimum absolute atomic E-state index is 0.0628. The number of carbonyl (C=O) groups excluding carboxylic acids is 1. The minimum Gasteiger partial charge on any atom is -0.370 e. The number of amides is 1. The van der Waals surface area contributed by atoms with Crippen LogP contribution in [0.15, 0.2) is 18.2 Å². The molecule has 1 saturated heterocycles. The third-order valence-electron chi connectivity index (χ3n) is 4.15. The maximum Gasteiger partial charge on any atom is 0.272 e. The van der Waals surface area contributed by atoms with Crippen molar-refractivity contribution in [3.63, 3.8) is 0 Å². The minimum atomic E-state index is 0.0628. The molecule has 1 aromatic heterocycles. The molecular weight excluding hydrogens is 262 g/mol. The summed E-state index contributed by atoms with van der Waals surface area (Å²) < 4.78 is 0. The molecule has 0 aliphatic carbocycles. The summed E-state index contributed by atoms with van der Waals surface area (Å²) in [5.41, 5.74) is 0.892. The Bertz CT molecular complexity index is 485. The maximum atomic E-state index is 12.6. The monoisotopic (exact) mass is 289 g/mol. The topological polar surface area (TPSA) is 45.2 Å². The van der Waals surface area contributed by atoms with Gasteiger partial charge in [0.1, 0.15) is 11.5 Å². The highest BCUT2D eigenvalue weighted by atomic mass is 16.2. The van der Waals surface area contributed by atoms with Crippen LogP contribution < -0.4 is 5.32 Å². The fourth-order valence-corrected chi connectivity index (χ4v) is 2.69. The second-order valence-corrected chi connectivity index (χ2v) is 6.64. The van der Waals surface area contributed by atoms with E-state index in [0.717, 1.165) is 44.7 Å². The third-order valence-corrected chi connectivity index (χ3v) is 4.15. The van der Waals surface area contributed by atoms with Crippen LogP contribution in [0.25, 0.3) is 0 Å². The largest absolute Gasteiger partial charge is 0.370 e. The Morgan fingerprint density at radius 1 is 1.33 bits per heavy atom. The Balaban J connectivity index is 2.05. The molecule has 1 aromatic rings. The van der Waals surface area contributed by atoms with Crippen molar-refractivity contribution in [1.82, 2.24) is 9.88 Å². The van der Waals surface area contributed by atoms with Crippen molar-refractivity contribution in [2.24, 2.45) is 5.41 Å². The van der Waals surface area contributed by atoms with Crippen LogP contribution in [0.4, 0.5) is 5.82 Å². The first-order valence-corrected chi connectivity index (χ1v) is 8.02. The highest BCUT2D eigenvalue weighted by molar-refractivity contribution is 5.92. The van der Waals surface area contributed by atoms with Crippen molar-refractivity contribution in [3.05, 3.63) is 23.9 Å². The highest BCUT2D eigenvalue weighted by Gasteiger charge is 2.26. The van der Waals surface area contributed by atoms with Crippen molar-refractivity contribution in [3.8, 4) is 0 Å². The van der Waals surface area contributed by atoms with Gasteiger partial charge in [0.05, 0.1) is 0 Å². The number of hydrogen-bond acceptors (Lipinski definition) is 3. The maximum absolute atomic E-state index is 12.6. The van der Waals surface area contributed by atoms with Crippen LogP contribution in [0.2, 0.25) is 0 Å². The Labute approximate surface area is 127 Å². The van der Waals surface area contributed by atoms with Crippen molar-refractivity contribution < 1.29 is 4.79 Å². The van der Waals surface area contributed by atoms with Gasteiger partial charge in [0.2, 0.25) is 0 Å². The SMILES string of the molecule is CCCNc1cccc(C(=O)N2CCCC(C)(C)CC2)n1. The molecule has 0 unspecified atom stereocenters. The molecule has 1 N–H and O–H groups in total. The summed E-state index contributed by atoms with van der Waals surface area (Å²) in [5, 5.41) is 3.24. The molecular formula is C17H27N3O. The molecule has 0 spiro atoms. The van der Waals surface area contributed by atoms with Gasteiger partial charge in [-0.2, -0.15) is 0 Å². The Kier molecular flexibility index (Phi) is 5.21. The predicted molar refractivity (Wildman–Crippen MR) is 86.6 cm³/mol. The summed E-state index contributed by atoms with van der Waals surface area (Å²) >= 11 is 0. The first kappa shape index (κ1) is 15.8. The Morgan fingerprint density at radius 3 is 2.90 bits per heavy atom. The summed E-state index contributed by atoms with van der Waals surface area (Å²) in [7, 11) is 0. The summed E-state index contributed by atoms with van der Waals surface area (Å²) in [4.78, 5) is 19.0. The number of anilines is 1. The average molecular weight is 289 g/mol. The van der Waals surface area contributed by atoms with E-state index in [-0.39, 0.29) is 5.91 Å². The predicted octanol–water partition coefficient (Wildman–Crippen LogP) is 3.56. The number of nitrogens with one attached hydrogen (secondary N) is 1. The third kappa shape index (κ3) is 4.45. The normalized spacial score (nSPS) is 18.1. The van der Waals surface area contributed by atoms with Crippen LogP contribution in [0.1, 0.15) is 56.9 Å². The molecule has 0 radical (unpaired) electrons. The fourth-order valence-electron chi connectivity index (χ4n) is 2.69. The zero-order valence-electron chi connectivity index (χ0n) is 13.5.